The van der Waals surface area contributed by atoms with Gasteiger partial charge in [-0.3, -0.25) is 4.79 Å². The molecule has 40 heavy (non-hydrogen) atoms. The number of rotatable bonds is 19. The van der Waals surface area contributed by atoms with Gasteiger partial charge < -0.3 is 14.6 Å². The van der Waals surface area contributed by atoms with Crippen LogP contribution in [0.2, 0.25) is 5.02 Å². The van der Waals surface area contributed by atoms with E-state index in [4.69, 9.17) is 21.1 Å². The fourth-order valence-corrected chi connectivity index (χ4v) is 4.71. The van der Waals surface area contributed by atoms with Gasteiger partial charge in [0.1, 0.15) is 23.7 Å². The van der Waals surface area contributed by atoms with Crippen molar-refractivity contribution in [1.82, 2.24) is 0 Å². The predicted molar refractivity (Wildman–Crippen MR) is 154 cm³/mol. The summed E-state index contributed by atoms with van der Waals surface area (Å²) < 4.78 is 52.3. The van der Waals surface area contributed by atoms with Crippen LogP contribution in [0.1, 0.15) is 115 Å². The normalized spacial score (nSPS) is 13.2. The lowest BCUT2D eigenvalue weighted by molar-refractivity contribution is -0.153. The smallest absolute Gasteiger partial charge is 0.416 e. The lowest BCUT2D eigenvalue weighted by Gasteiger charge is -2.27. The van der Waals surface area contributed by atoms with Gasteiger partial charge in [0.15, 0.2) is 0 Å². The van der Waals surface area contributed by atoms with Gasteiger partial charge in [0.05, 0.1) is 5.56 Å². The van der Waals surface area contributed by atoms with Gasteiger partial charge in [-0.15, -0.1) is 0 Å². The lowest BCUT2D eigenvalue weighted by atomic mass is 9.91. The molecule has 1 N–H and O–H groups in total. The highest BCUT2D eigenvalue weighted by Gasteiger charge is 2.40. The van der Waals surface area contributed by atoms with Crippen molar-refractivity contribution in [2.24, 2.45) is 0 Å². The van der Waals surface area contributed by atoms with Crippen LogP contribution >= 0.6 is 11.6 Å². The van der Waals surface area contributed by atoms with Crippen LogP contribution in [0.25, 0.3) is 0 Å². The molecule has 2 aromatic rings. The first-order valence-corrected chi connectivity index (χ1v) is 14.9. The van der Waals surface area contributed by atoms with Gasteiger partial charge in [0, 0.05) is 11.4 Å². The van der Waals surface area contributed by atoms with E-state index < -0.39 is 35.5 Å². The highest BCUT2D eigenvalue weighted by Crippen LogP contribution is 2.40. The summed E-state index contributed by atoms with van der Waals surface area (Å²) in [4.78, 5) is 12.2. The van der Waals surface area contributed by atoms with Crippen LogP contribution < -0.4 is 4.74 Å². The molecule has 0 bridgehead atoms. The third kappa shape index (κ3) is 12.9. The Morgan fingerprint density at radius 1 is 0.775 bits per heavy atom. The number of unbranched alkanes of at least 4 members (excludes halogenated alkanes) is 12. The highest BCUT2D eigenvalue weighted by atomic mass is 35.5. The molecule has 0 saturated carbocycles. The van der Waals surface area contributed by atoms with E-state index in [1.807, 2.05) is 0 Å². The molecule has 0 heterocycles. The van der Waals surface area contributed by atoms with Crippen LogP contribution in [0.15, 0.2) is 42.5 Å². The number of ether oxygens (including phenoxy) is 2. The number of halogens is 4. The van der Waals surface area contributed by atoms with E-state index in [0.29, 0.717) is 17.2 Å². The number of carbonyl (C=O) groups excluding carboxylic acids is 1. The van der Waals surface area contributed by atoms with Gasteiger partial charge in [-0.1, -0.05) is 102 Å². The van der Waals surface area contributed by atoms with Crippen LogP contribution in [0.3, 0.4) is 0 Å². The third-order valence-electron chi connectivity index (χ3n) is 6.92. The monoisotopic (exact) mass is 584 g/mol. The number of esters is 1. The molecule has 2 rings (SSSR count). The number of aliphatic hydroxyl groups is 1. The van der Waals surface area contributed by atoms with Crippen molar-refractivity contribution < 1.29 is 32.5 Å². The molecule has 2 aromatic carbocycles. The number of hydrogen-bond donors (Lipinski definition) is 1. The molecule has 1 atom stereocenters. The van der Waals surface area contributed by atoms with Crippen molar-refractivity contribution in [2.45, 2.75) is 116 Å². The summed E-state index contributed by atoms with van der Waals surface area (Å²) >= 11 is 5.84. The Morgan fingerprint density at radius 2 is 1.27 bits per heavy atom. The first-order valence-electron chi connectivity index (χ1n) is 14.6. The standard InChI is InChI=1S/C32H44ClF3O4/c1-3-4-5-6-7-8-9-10-11-12-13-14-15-16-30(37)39-24-31(2,38)28-22-21-27(23-29(28)32(34,35)36)40-26-19-17-25(33)18-20-26/h17-23,38H,3-16,24H2,1-2H3. The van der Waals surface area contributed by atoms with E-state index in [2.05, 4.69) is 6.92 Å². The topological polar surface area (TPSA) is 55.8 Å². The Hall–Kier alpha value is -2.25. The van der Waals surface area contributed by atoms with Gasteiger partial charge in [0.2, 0.25) is 0 Å². The van der Waals surface area contributed by atoms with Crippen LogP contribution in [0, 0.1) is 0 Å². The Morgan fingerprint density at radius 3 is 1.80 bits per heavy atom. The Balaban J connectivity index is 1.74. The fourth-order valence-electron chi connectivity index (χ4n) is 4.59. The molecule has 0 saturated heterocycles. The Kier molecular flexibility index (Phi) is 14.9. The molecular weight excluding hydrogens is 541 g/mol. The highest BCUT2D eigenvalue weighted by molar-refractivity contribution is 6.30. The average molecular weight is 585 g/mol. The van der Waals surface area contributed by atoms with Crippen LogP contribution in [0.5, 0.6) is 11.5 Å². The molecule has 0 aliphatic heterocycles. The van der Waals surface area contributed by atoms with Crippen molar-refractivity contribution in [1.29, 1.82) is 0 Å². The van der Waals surface area contributed by atoms with Crippen molar-refractivity contribution in [3.05, 3.63) is 58.6 Å². The maximum atomic E-state index is 13.9. The second kappa shape index (κ2) is 17.5. The molecule has 0 fully saturated rings. The summed E-state index contributed by atoms with van der Waals surface area (Å²) in [5.74, 6) is -0.257. The molecule has 4 nitrogen and oxygen atoms in total. The molecule has 0 spiro atoms. The van der Waals surface area contributed by atoms with E-state index in [0.717, 1.165) is 31.4 Å². The zero-order valence-corrected chi connectivity index (χ0v) is 24.6. The van der Waals surface area contributed by atoms with Crippen molar-refractivity contribution in [2.75, 3.05) is 6.61 Å². The summed E-state index contributed by atoms with van der Waals surface area (Å²) in [6.45, 7) is 2.85. The van der Waals surface area contributed by atoms with E-state index in [-0.39, 0.29) is 12.2 Å². The molecule has 0 aliphatic carbocycles. The largest absolute Gasteiger partial charge is 0.462 e. The maximum absolute atomic E-state index is 13.9. The third-order valence-corrected chi connectivity index (χ3v) is 7.18. The SMILES string of the molecule is CCCCCCCCCCCCCCCC(=O)OCC(C)(O)c1ccc(Oc2ccc(Cl)cc2)cc1C(F)(F)F. The number of benzene rings is 2. The van der Waals surface area contributed by atoms with E-state index in [1.54, 1.807) is 12.1 Å². The number of alkyl halides is 3. The average Bonchev–Trinajstić information content (AvgIpc) is 2.91. The second-order valence-corrected chi connectivity index (χ2v) is 11.1. The van der Waals surface area contributed by atoms with Gasteiger partial charge in [-0.25, -0.2) is 0 Å². The quantitative estimate of drug-likeness (QED) is 0.132. The maximum Gasteiger partial charge on any atom is 0.416 e. The second-order valence-electron chi connectivity index (χ2n) is 10.7. The Bertz CT molecular complexity index is 1010. The van der Waals surface area contributed by atoms with E-state index >= 15 is 0 Å². The van der Waals surface area contributed by atoms with Gasteiger partial charge >= 0.3 is 12.1 Å². The summed E-state index contributed by atoms with van der Waals surface area (Å²) in [5, 5.41) is 11.3. The zero-order chi connectivity index (χ0) is 29.4. The Labute approximate surface area is 242 Å². The lowest BCUT2D eigenvalue weighted by Crippen LogP contribution is -2.32. The molecule has 8 heteroatoms. The summed E-state index contributed by atoms with van der Waals surface area (Å²) in [6.07, 6.45) is 10.8. The van der Waals surface area contributed by atoms with E-state index in [1.165, 1.54) is 82.9 Å². The molecule has 1 unspecified atom stereocenters. The zero-order valence-electron chi connectivity index (χ0n) is 23.8. The molecule has 0 aromatic heterocycles. The van der Waals surface area contributed by atoms with Crippen LogP contribution in [0.4, 0.5) is 13.2 Å². The summed E-state index contributed by atoms with van der Waals surface area (Å²) in [7, 11) is 0. The van der Waals surface area contributed by atoms with Crippen molar-refractivity contribution in [3.63, 3.8) is 0 Å². The minimum atomic E-state index is -4.75. The van der Waals surface area contributed by atoms with E-state index in [9.17, 15) is 23.1 Å². The number of carbonyl (C=O) groups is 1. The summed E-state index contributed by atoms with van der Waals surface area (Å²) in [6, 6.07) is 9.51. The summed E-state index contributed by atoms with van der Waals surface area (Å²) in [5.41, 5.74) is -3.48. The predicted octanol–water partition coefficient (Wildman–Crippen LogP) is 10.4. The van der Waals surface area contributed by atoms with Crippen molar-refractivity contribution in [3.8, 4) is 11.5 Å². The van der Waals surface area contributed by atoms with Gasteiger partial charge in [-0.2, -0.15) is 13.2 Å². The minimum absolute atomic E-state index is 0.0476. The molecule has 224 valence electrons. The van der Waals surface area contributed by atoms with Gasteiger partial charge in [0.25, 0.3) is 0 Å². The first kappa shape index (κ1) is 34.0. The molecule has 0 amide bonds. The first-order chi connectivity index (χ1) is 19.0. The molecule has 0 aliphatic rings. The number of hydrogen-bond acceptors (Lipinski definition) is 4. The minimum Gasteiger partial charge on any atom is -0.462 e. The molecule has 0 radical (unpaired) electrons. The van der Waals surface area contributed by atoms with Crippen LogP contribution in [-0.4, -0.2) is 17.7 Å². The fraction of sp³-hybridized carbons (Fsp3) is 0.594. The van der Waals surface area contributed by atoms with Crippen LogP contribution in [-0.2, 0) is 21.3 Å². The molecular formula is C32H44ClF3O4. The van der Waals surface area contributed by atoms with Gasteiger partial charge in [-0.05, 0) is 55.3 Å². The van der Waals surface area contributed by atoms with Crippen molar-refractivity contribution >= 4 is 17.6 Å².